The number of nitrogens with one attached hydrogen (secondary N) is 1. The molecule has 0 spiro atoms. The van der Waals surface area contributed by atoms with Gasteiger partial charge in [-0.05, 0) is 18.2 Å². The van der Waals surface area contributed by atoms with Crippen molar-refractivity contribution < 1.29 is 9.90 Å². The first-order chi connectivity index (χ1) is 6.77. The highest BCUT2D eigenvalue weighted by molar-refractivity contribution is 5.87. The Labute approximate surface area is 92.4 Å². The van der Waals surface area contributed by atoms with Crippen LogP contribution in [-0.2, 0) is 0 Å². The van der Waals surface area contributed by atoms with Gasteiger partial charge in [-0.15, -0.1) is 12.4 Å². The first kappa shape index (κ1) is 11.3. The van der Waals surface area contributed by atoms with Crippen LogP contribution < -0.4 is 0 Å². The lowest BCUT2D eigenvalue weighted by Gasteiger charge is -1.92. The predicted molar refractivity (Wildman–Crippen MR) is 58.2 cm³/mol. The number of halogens is 1. The Morgan fingerprint density at radius 1 is 1.40 bits per heavy atom. The predicted octanol–water partition coefficient (Wildman–Crippen LogP) is 2.20. The molecule has 0 aromatic carbocycles. The third-order valence-corrected chi connectivity index (χ3v) is 1.87. The van der Waals surface area contributed by atoms with E-state index in [1.54, 1.807) is 18.5 Å². The van der Waals surface area contributed by atoms with Crippen LogP contribution in [0.1, 0.15) is 10.5 Å². The Balaban J connectivity index is 0.00000112. The second-order valence-electron chi connectivity index (χ2n) is 2.82. The SMILES string of the molecule is Cl.O=C(O)c1cc(-c2ccccn2)c[nH]1. The van der Waals surface area contributed by atoms with Crippen LogP contribution >= 0.6 is 12.4 Å². The molecule has 0 saturated carbocycles. The number of carbonyl (C=O) groups is 1. The van der Waals surface area contributed by atoms with Gasteiger partial charge in [0.05, 0.1) is 5.69 Å². The number of pyridine rings is 1. The zero-order valence-corrected chi connectivity index (χ0v) is 8.49. The van der Waals surface area contributed by atoms with Crippen LogP contribution in [0.3, 0.4) is 0 Å². The molecule has 0 fully saturated rings. The van der Waals surface area contributed by atoms with Gasteiger partial charge in [0, 0.05) is 18.0 Å². The second-order valence-corrected chi connectivity index (χ2v) is 2.82. The summed E-state index contributed by atoms with van der Waals surface area (Å²) < 4.78 is 0. The fourth-order valence-corrected chi connectivity index (χ4v) is 1.20. The van der Waals surface area contributed by atoms with Gasteiger partial charge in [0.25, 0.3) is 0 Å². The molecule has 0 amide bonds. The van der Waals surface area contributed by atoms with Gasteiger partial charge in [-0.25, -0.2) is 4.79 Å². The van der Waals surface area contributed by atoms with E-state index in [1.807, 2.05) is 18.2 Å². The summed E-state index contributed by atoms with van der Waals surface area (Å²) in [6.45, 7) is 0. The van der Waals surface area contributed by atoms with E-state index < -0.39 is 5.97 Å². The Morgan fingerprint density at radius 2 is 2.20 bits per heavy atom. The van der Waals surface area contributed by atoms with Crippen molar-refractivity contribution in [3.63, 3.8) is 0 Å². The van der Waals surface area contributed by atoms with E-state index in [9.17, 15) is 4.79 Å². The number of nitrogens with zero attached hydrogens (tertiary/aromatic N) is 1. The van der Waals surface area contributed by atoms with E-state index in [0.717, 1.165) is 11.3 Å². The average Bonchev–Trinajstić information content (AvgIpc) is 2.68. The highest BCUT2D eigenvalue weighted by Gasteiger charge is 2.07. The van der Waals surface area contributed by atoms with Gasteiger partial charge >= 0.3 is 5.97 Å². The maximum atomic E-state index is 10.6. The van der Waals surface area contributed by atoms with Gasteiger partial charge in [0.2, 0.25) is 0 Å². The number of carboxylic acid groups (broad SMARTS) is 1. The number of H-pyrrole nitrogens is 1. The number of hydrogen-bond acceptors (Lipinski definition) is 2. The first-order valence-electron chi connectivity index (χ1n) is 4.10. The molecular weight excluding hydrogens is 216 g/mol. The lowest BCUT2D eigenvalue weighted by Crippen LogP contribution is -1.94. The molecule has 0 saturated heterocycles. The van der Waals surface area contributed by atoms with Crippen LogP contribution in [0, 0.1) is 0 Å². The van der Waals surface area contributed by atoms with Crippen LogP contribution in [0.2, 0.25) is 0 Å². The zero-order valence-electron chi connectivity index (χ0n) is 7.68. The van der Waals surface area contributed by atoms with Crippen molar-refractivity contribution in [3.8, 4) is 11.3 Å². The van der Waals surface area contributed by atoms with Gasteiger partial charge < -0.3 is 10.1 Å². The van der Waals surface area contributed by atoms with Crippen molar-refractivity contribution in [2.45, 2.75) is 0 Å². The molecule has 0 bridgehead atoms. The summed E-state index contributed by atoms with van der Waals surface area (Å²) in [5.41, 5.74) is 1.71. The third-order valence-electron chi connectivity index (χ3n) is 1.87. The molecule has 0 aliphatic carbocycles. The molecule has 4 nitrogen and oxygen atoms in total. The van der Waals surface area contributed by atoms with E-state index in [4.69, 9.17) is 5.11 Å². The number of rotatable bonds is 2. The molecule has 2 aromatic heterocycles. The lowest BCUT2D eigenvalue weighted by molar-refractivity contribution is 0.0691. The minimum Gasteiger partial charge on any atom is -0.477 e. The van der Waals surface area contributed by atoms with E-state index in [-0.39, 0.29) is 18.1 Å². The molecule has 2 heterocycles. The zero-order chi connectivity index (χ0) is 9.97. The quantitative estimate of drug-likeness (QED) is 0.822. The number of aromatic amines is 1. The van der Waals surface area contributed by atoms with Crippen LogP contribution in [0.4, 0.5) is 0 Å². The van der Waals surface area contributed by atoms with Gasteiger partial charge in [-0.2, -0.15) is 0 Å². The summed E-state index contributed by atoms with van der Waals surface area (Å²) in [6.07, 6.45) is 3.30. The van der Waals surface area contributed by atoms with Crippen molar-refractivity contribution >= 4 is 18.4 Å². The average molecular weight is 225 g/mol. The standard InChI is InChI=1S/C10H8N2O2.ClH/c13-10(14)9-5-7(6-12-9)8-3-1-2-4-11-8;/h1-6,12H,(H,13,14);1H. The summed E-state index contributed by atoms with van der Waals surface area (Å²) in [5.74, 6) is -0.966. The smallest absolute Gasteiger partial charge is 0.352 e. The van der Waals surface area contributed by atoms with Gasteiger partial charge in [0.1, 0.15) is 5.69 Å². The van der Waals surface area contributed by atoms with E-state index in [1.165, 1.54) is 0 Å². The molecule has 0 unspecified atom stereocenters. The largest absolute Gasteiger partial charge is 0.477 e. The van der Waals surface area contributed by atoms with Crippen molar-refractivity contribution in [1.82, 2.24) is 9.97 Å². The molecule has 5 heteroatoms. The fraction of sp³-hybridized carbons (Fsp3) is 0. The summed E-state index contributed by atoms with van der Waals surface area (Å²) in [7, 11) is 0. The second kappa shape index (κ2) is 4.61. The van der Waals surface area contributed by atoms with E-state index in [0.29, 0.717) is 0 Å². The number of hydrogen-bond donors (Lipinski definition) is 2. The molecule has 2 aromatic rings. The van der Waals surface area contributed by atoms with Crippen molar-refractivity contribution in [1.29, 1.82) is 0 Å². The maximum Gasteiger partial charge on any atom is 0.352 e. The molecular formula is C10H9ClN2O2. The number of aromatic nitrogens is 2. The first-order valence-corrected chi connectivity index (χ1v) is 4.10. The molecule has 0 atom stereocenters. The lowest BCUT2D eigenvalue weighted by atomic mass is 10.2. The Hall–Kier alpha value is -1.81. The summed E-state index contributed by atoms with van der Waals surface area (Å²) in [4.78, 5) is 17.4. The molecule has 2 rings (SSSR count). The fourth-order valence-electron chi connectivity index (χ4n) is 1.20. The van der Waals surface area contributed by atoms with Crippen molar-refractivity contribution in [2.75, 3.05) is 0 Å². The molecule has 15 heavy (non-hydrogen) atoms. The van der Waals surface area contributed by atoms with Gasteiger partial charge in [0.15, 0.2) is 0 Å². The van der Waals surface area contributed by atoms with E-state index >= 15 is 0 Å². The Bertz CT molecular complexity index is 453. The number of aromatic carboxylic acids is 1. The van der Waals surface area contributed by atoms with Crippen LogP contribution in [-0.4, -0.2) is 21.0 Å². The van der Waals surface area contributed by atoms with Crippen molar-refractivity contribution in [2.24, 2.45) is 0 Å². The minimum atomic E-state index is -0.966. The normalized spacial score (nSPS) is 9.33. The summed E-state index contributed by atoms with van der Waals surface area (Å²) in [6, 6.07) is 7.06. The minimum absolute atomic E-state index is 0. The van der Waals surface area contributed by atoms with Crippen LogP contribution in [0.15, 0.2) is 36.7 Å². The highest BCUT2D eigenvalue weighted by atomic mass is 35.5. The van der Waals surface area contributed by atoms with Crippen molar-refractivity contribution in [3.05, 3.63) is 42.4 Å². The van der Waals surface area contributed by atoms with Gasteiger partial charge in [-0.1, -0.05) is 6.07 Å². The molecule has 0 aliphatic rings. The van der Waals surface area contributed by atoms with E-state index in [2.05, 4.69) is 9.97 Å². The summed E-state index contributed by atoms with van der Waals surface area (Å²) in [5, 5.41) is 8.69. The monoisotopic (exact) mass is 224 g/mol. The van der Waals surface area contributed by atoms with Crippen LogP contribution in [0.5, 0.6) is 0 Å². The number of carboxylic acids is 1. The molecule has 0 radical (unpaired) electrons. The van der Waals surface area contributed by atoms with Gasteiger partial charge in [-0.3, -0.25) is 4.98 Å². The Kier molecular flexibility index (Phi) is 3.46. The third kappa shape index (κ3) is 2.35. The highest BCUT2D eigenvalue weighted by Crippen LogP contribution is 2.16. The van der Waals surface area contributed by atoms with Crippen LogP contribution in [0.25, 0.3) is 11.3 Å². The Morgan fingerprint density at radius 3 is 2.73 bits per heavy atom. The summed E-state index contributed by atoms with van der Waals surface area (Å²) >= 11 is 0. The molecule has 2 N–H and O–H groups in total. The molecule has 78 valence electrons. The maximum absolute atomic E-state index is 10.6. The topological polar surface area (TPSA) is 66.0 Å². The molecule has 0 aliphatic heterocycles.